The topological polar surface area (TPSA) is 56.6 Å². The van der Waals surface area contributed by atoms with Gasteiger partial charge in [0.25, 0.3) is 0 Å². The molecule has 1 aromatic carbocycles. The van der Waals surface area contributed by atoms with Crippen LogP contribution in [0, 0.1) is 5.41 Å². The summed E-state index contributed by atoms with van der Waals surface area (Å²) < 4.78 is 5.56. The number of fused-ring (bicyclic) bond motifs is 1. The van der Waals surface area contributed by atoms with Crippen molar-refractivity contribution in [2.45, 2.75) is 50.2 Å². The summed E-state index contributed by atoms with van der Waals surface area (Å²) >= 11 is 3.51. The summed E-state index contributed by atoms with van der Waals surface area (Å²) in [5.41, 5.74) is 2.65. The first-order chi connectivity index (χ1) is 14.3. The van der Waals surface area contributed by atoms with Crippen molar-refractivity contribution < 1.29 is 9.53 Å². The molecule has 5 nitrogen and oxygen atoms in total. The number of thiophene rings is 1. The second-order valence-electron chi connectivity index (χ2n) is 8.85. The predicted octanol–water partition coefficient (Wildman–Crippen LogP) is 5.28. The molecule has 1 unspecified atom stereocenters. The highest BCUT2D eigenvalue weighted by molar-refractivity contribution is 7.99. The summed E-state index contributed by atoms with van der Waals surface area (Å²) in [7, 11) is 0. The van der Waals surface area contributed by atoms with Crippen LogP contribution >= 0.6 is 23.1 Å². The van der Waals surface area contributed by atoms with E-state index in [-0.39, 0.29) is 6.09 Å². The van der Waals surface area contributed by atoms with Gasteiger partial charge in [-0.1, -0.05) is 12.1 Å². The van der Waals surface area contributed by atoms with E-state index in [1.54, 1.807) is 11.3 Å². The van der Waals surface area contributed by atoms with Crippen LogP contribution in [-0.2, 0) is 11.2 Å². The van der Waals surface area contributed by atoms with Gasteiger partial charge in [-0.3, -0.25) is 0 Å². The van der Waals surface area contributed by atoms with Gasteiger partial charge in [-0.05, 0) is 56.3 Å². The average Bonchev–Trinajstić information content (AvgIpc) is 3.38. The van der Waals surface area contributed by atoms with Gasteiger partial charge in [0.15, 0.2) is 0 Å². The summed E-state index contributed by atoms with van der Waals surface area (Å²) in [5.74, 6) is 1.04. The van der Waals surface area contributed by atoms with E-state index in [9.17, 15) is 4.79 Å². The molecule has 1 saturated heterocycles. The number of rotatable bonds is 4. The van der Waals surface area contributed by atoms with Crippen molar-refractivity contribution in [1.82, 2.24) is 4.90 Å². The maximum atomic E-state index is 12.4. The molecule has 1 atom stereocenters. The zero-order valence-corrected chi connectivity index (χ0v) is 19.4. The van der Waals surface area contributed by atoms with Crippen molar-refractivity contribution in [3.05, 3.63) is 46.2 Å². The van der Waals surface area contributed by atoms with E-state index in [0.717, 1.165) is 30.1 Å². The lowest BCUT2D eigenvalue weighted by Gasteiger charge is -2.36. The maximum Gasteiger partial charge on any atom is 0.410 e. The van der Waals surface area contributed by atoms with Crippen LogP contribution < -0.4 is 4.90 Å². The first-order valence-electron chi connectivity index (χ1n) is 10.4. The molecule has 2 aliphatic heterocycles. The molecule has 30 heavy (non-hydrogen) atoms. The Bertz CT molecular complexity index is 921. The van der Waals surface area contributed by atoms with Crippen molar-refractivity contribution >= 4 is 40.6 Å². The highest BCUT2D eigenvalue weighted by atomic mass is 32.2. The molecule has 1 fully saturated rings. The van der Waals surface area contributed by atoms with E-state index < -0.39 is 5.60 Å². The fraction of sp³-hybridized carbons (Fsp3) is 0.478. The number of benzene rings is 1. The summed E-state index contributed by atoms with van der Waals surface area (Å²) in [6, 6.07) is 10.9. The largest absolute Gasteiger partial charge is 0.444 e. The Balaban J connectivity index is 1.44. The molecule has 1 aromatic heterocycles. The Kier molecular flexibility index (Phi) is 6.11. The summed E-state index contributed by atoms with van der Waals surface area (Å²) in [6.07, 6.45) is 1.41. The molecule has 0 saturated carbocycles. The number of carbonyl (C=O) groups excluding carboxylic acids is 1. The highest BCUT2D eigenvalue weighted by Gasteiger charge is 2.34. The second-order valence-corrected chi connectivity index (χ2v) is 10.9. The molecular weight excluding hydrogens is 414 g/mol. The van der Waals surface area contributed by atoms with Crippen LogP contribution in [-0.4, -0.2) is 53.7 Å². The van der Waals surface area contributed by atoms with Crippen LogP contribution in [0.4, 0.5) is 10.5 Å². The van der Waals surface area contributed by atoms with Gasteiger partial charge in [-0.15, -0.1) is 23.1 Å². The molecule has 2 aromatic rings. The standard InChI is InChI=1S/C23H29N3O2S2/c1-23(2,3)28-22(27)25-9-8-17(15-25)26-10-12-30-21-14-16(6-7-19(21)26)13-18(24)20-5-4-11-29-20/h4-7,11,14,17,24H,8-10,12-13,15H2,1-3H3. The Morgan fingerprint density at radius 1 is 1.27 bits per heavy atom. The molecule has 0 bridgehead atoms. The van der Waals surface area contributed by atoms with Crippen molar-refractivity contribution in [1.29, 1.82) is 5.41 Å². The van der Waals surface area contributed by atoms with Gasteiger partial charge in [0.05, 0.1) is 11.4 Å². The van der Waals surface area contributed by atoms with E-state index in [1.165, 1.54) is 16.1 Å². The Morgan fingerprint density at radius 2 is 2.10 bits per heavy atom. The minimum absolute atomic E-state index is 0.209. The number of ether oxygens (including phenoxy) is 1. The van der Waals surface area contributed by atoms with Crippen molar-refractivity contribution in [2.24, 2.45) is 0 Å². The average molecular weight is 444 g/mol. The van der Waals surface area contributed by atoms with Gasteiger partial charge >= 0.3 is 6.09 Å². The molecule has 0 radical (unpaired) electrons. The maximum absolute atomic E-state index is 12.4. The monoisotopic (exact) mass is 443 g/mol. The third kappa shape index (κ3) is 4.83. The fourth-order valence-corrected chi connectivity index (χ4v) is 5.76. The van der Waals surface area contributed by atoms with Gasteiger partial charge in [0.2, 0.25) is 0 Å². The van der Waals surface area contributed by atoms with Crippen LogP contribution in [0.25, 0.3) is 0 Å². The lowest BCUT2D eigenvalue weighted by Crippen LogP contribution is -2.42. The van der Waals surface area contributed by atoms with E-state index in [0.29, 0.717) is 24.7 Å². The number of nitrogens with one attached hydrogen (secondary N) is 1. The normalized spacial score (nSPS) is 19.0. The molecule has 0 aliphatic carbocycles. The van der Waals surface area contributed by atoms with E-state index >= 15 is 0 Å². The first kappa shape index (κ1) is 21.2. The summed E-state index contributed by atoms with van der Waals surface area (Å²) in [5, 5.41) is 10.4. The second kappa shape index (κ2) is 8.63. The Morgan fingerprint density at radius 3 is 2.83 bits per heavy atom. The lowest BCUT2D eigenvalue weighted by atomic mass is 10.1. The number of anilines is 1. The molecule has 3 heterocycles. The fourth-order valence-electron chi connectivity index (χ4n) is 4.01. The molecule has 0 spiro atoms. The number of hydrogen-bond acceptors (Lipinski definition) is 6. The number of carbonyl (C=O) groups is 1. The van der Waals surface area contributed by atoms with Gasteiger partial charge in [-0.2, -0.15) is 0 Å². The number of thioether (sulfide) groups is 1. The smallest absolute Gasteiger partial charge is 0.410 e. The van der Waals surface area contributed by atoms with Crippen molar-refractivity contribution in [3.63, 3.8) is 0 Å². The Labute approximate surface area is 186 Å². The quantitative estimate of drug-likeness (QED) is 0.653. The molecular formula is C23H29N3O2S2. The molecule has 4 rings (SSSR count). The van der Waals surface area contributed by atoms with Crippen LogP contribution in [0.5, 0.6) is 0 Å². The number of amides is 1. The van der Waals surface area contributed by atoms with Gasteiger partial charge in [0.1, 0.15) is 5.60 Å². The summed E-state index contributed by atoms with van der Waals surface area (Å²) in [4.78, 5) is 19.1. The van der Waals surface area contributed by atoms with Crippen molar-refractivity contribution in [2.75, 3.05) is 30.3 Å². The van der Waals surface area contributed by atoms with E-state index in [1.807, 2.05) is 54.9 Å². The molecule has 7 heteroatoms. The first-order valence-corrected chi connectivity index (χ1v) is 12.3. The van der Waals surface area contributed by atoms with E-state index in [2.05, 4.69) is 23.1 Å². The molecule has 160 valence electrons. The number of hydrogen-bond donors (Lipinski definition) is 1. The van der Waals surface area contributed by atoms with Crippen molar-refractivity contribution in [3.8, 4) is 0 Å². The third-order valence-electron chi connectivity index (χ3n) is 5.38. The van der Waals surface area contributed by atoms with Gasteiger partial charge in [-0.25, -0.2) is 4.79 Å². The van der Waals surface area contributed by atoms with Crippen LogP contribution in [0.15, 0.2) is 40.6 Å². The van der Waals surface area contributed by atoms with Gasteiger partial charge < -0.3 is 19.9 Å². The molecule has 2 aliphatic rings. The zero-order chi connectivity index (χ0) is 21.3. The summed E-state index contributed by atoms with van der Waals surface area (Å²) in [6.45, 7) is 8.18. The SMILES string of the molecule is CC(C)(C)OC(=O)N1CCC(N2CCSc3cc(CC(=N)c4cccs4)ccc32)C1. The Hall–Kier alpha value is -1.99. The minimum Gasteiger partial charge on any atom is -0.444 e. The minimum atomic E-state index is -0.462. The highest BCUT2D eigenvalue weighted by Crippen LogP contribution is 2.38. The predicted molar refractivity (Wildman–Crippen MR) is 126 cm³/mol. The van der Waals surface area contributed by atoms with Crippen LogP contribution in [0.2, 0.25) is 0 Å². The molecule has 1 amide bonds. The van der Waals surface area contributed by atoms with Crippen LogP contribution in [0.3, 0.4) is 0 Å². The van der Waals surface area contributed by atoms with Gasteiger partial charge in [0, 0.05) is 47.6 Å². The zero-order valence-electron chi connectivity index (χ0n) is 17.8. The van der Waals surface area contributed by atoms with Crippen LogP contribution in [0.1, 0.15) is 37.6 Å². The lowest BCUT2D eigenvalue weighted by molar-refractivity contribution is 0.0292. The number of nitrogens with zero attached hydrogens (tertiary/aromatic N) is 2. The van der Waals surface area contributed by atoms with E-state index in [4.69, 9.17) is 10.1 Å². The number of likely N-dealkylation sites (tertiary alicyclic amines) is 1. The third-order valence-corrected chi connectivity index (χ3v) is 7.33. The molecule has 1 N–H and O–H groups in total.